The van der Waals surface area contributed by atoms with Gasteiger partial charge in [0.15, 0.2) is 0 Å². The van der Waals surface area contributed by atoms with E-state index in [0.29, 0.717) is 16.0 Å². The van der Waals surface area contributed by atoms with E-state index in [1.807, 2.05) is 24.3 Å². The number of nitrogens with zero attached hydrogens (tertiary/aromatic N) is 1. The molecule has 0 atom stereocenters. The largest absolute Gasteiger partial charge is 0.324 e. The Balaban J connectivity index is 1.71. The predicted octanol–water partition coefficient (Wildman–Crippen LogP) is 4.52. The van der Waals surface area contributed by atoms with Crippen molar-refractivity contribution in [2.24, 2.45) is 0 Å². The Morgan fingerprint density at radius 3 is 2.73 bits per heavy atom. The fourth-order valence-corrected chi connectivity index (χ4v) is 2.26. The third kappa shape index (κ3) is 3.30. The molecule has 0 radical (unpaired) electrons. The third-order valence-corrected chi connectivity index (χ3v) is 3.74. The first kappa shape index (κ1) is 14.6. The van der Waals surface area contributed by atoms with E-state index in [1.165, 1.54) is 6.08 Å². The first-order chi connectivity index (χ1) is 10.6. The topological polar surface area (TPSA) is 57.8 Å². The molecule has 3 rings (SSSR count). The SMILES string of the molecule is O=C(/C=C/c1ccc(Cl)c(Cl)c1)Nc1nc2ccccc2[nH]1. The van der Waals surface area contributed by atoms with Gasteiger partial charge < -0.3 is 4.98 Å². The van der Waals surface area contributed by atoms with Crippen LogP contribution in [0, 0.1) is 0 Å². The molecule has 0 spiro atoms. The number of imidazole rings is 1. The van der Waals surface area contributed by atoms with Crippen LogP contribution in [0.1, 0.15) is 5.56 Å². The number of amides is 1. The van der Waals surface area contributed by atoms with Crippen molar-refractivity contribution in [3.63, 3.8) is 0 Å². The van der Waals surface area contributed by atoms with Crippen molar-refractivity contribution in [3.8, 4) is 0 Å². The number of rotatable bonds is 3. The molecule has 2 N–H and O–H groups in total. The van der Waals surface area contributed by atoms with Gasteiger partial charge in [0.2, 0.25) is 5.95 Å². The molecule has 0 unspecified atom stereocenters. The number of carbonyl (C=O) groups excluding carboxylic acids is 1. The van der Waals surface area contributed by atoms with Crippen molar-refractivity contribution in [2.45, 2.75) is 0 Å². The number of anilines is 1. The monoisotopic (exact) mass is 331 g/mol. The molecule has 0 aliphatic rings. The zero-order valence-electron chi connectivity index (χ0n) is 11.3. The maximum atomic E-state index is 11.9. The highest BCUT2D eigenvalue weighted by Crippen LogP contribution is 2.23. The molecule has 0 saturated carbocycles. The van der Waals surface area contributed by atoms with E-state index in [9.17, 15) is 4.79 Å². The maximum Gasteiger partial charge on any atom is 0.250 e. The zero-order valence-corrected chi connectivity index (χ0v) is 12.8. The number of aromatic nitrogens is 2. The quantitative estimate of drug-likeness (QED) is 0.693. The van der Waals surface area contributed by atoms with Gasteiger partial charge in [-0.25, -0.2) is 4.98 Å². The first-order valence-electron chi connectivity index (χ1n) is 6.51. The Morgan fingerprint density at radius 1 is 1.14 bits per heavy atom. The average molecular weight is 332 g/mol. The highest BCUT2D eigenvalue weighted by atomic mass is 35.5. The second-order valence-corrected chi connectivity index (χ2v) is 5.41. The summed E-state index contributed by atoms with van der Waals surface area (Å²) < 4.78 is 0. The molecule has 0 aliphatic heterocycles. The first-order valence-corrected chi connectivity index (χ1v) is 7.26. The number of fused-ring (bicyclic) bond motifs is 1. The second-order valence-electron chi connectivity index (χ2n) is 4.60. The standard InChI is InChI=1S/C16H11Cl2N3O/c17-11-7-5-10(9-12(11)18)6-8-15(22)21-16-19-13-3-1-2-4-14(13)20-16/h1-9H,(H2,19,20,21,22)/b8-6+. The van der Waals surface area contributed by atoms with Gasteiger partial charge in [0.25, 0.3) is 5.91 Å². The Bertz CT molecular complexity index is 838. The average Bonchev–Trinajstić information content (AvgIpc) is 2.90. The highest BCUT2D eigenvalue weighted by molar-refractivity contribution is 6.42. The fraction of sp³-hybridized carbons (Fsp3) is 0. The molecule has 0 saturated heterocycles. The van der Waals surface area contributed by atoms with Gasteiger partial charge in [0.1, 0.15) is 0 Å². The number of hydrogen-bond acceptors (Lipinski definition) is 2. The zero-order chi connectivity index (χ0) is 15.5. The lowest BCUT2D eigenvalue weighted by molar-refractivity contribution is -0.111. The van der Waals surface area contributed by atoms with Crippen LogP contribution in [0.25, 0.3) is 17.1 Å². The molecule has 1 aromatic heterocycles. The summed E-state index contributed by atoms with van der Waals surface area (Å²) in [6, 6.07) is 12.7. The van der Waals surface area contributed by atoms with Crippen LogP contribution in [0.2, 0.25) is 10.0 Å². The minimum absolute atomic E-state index is 0.287. The van der Waals surface area contributed by atoms with Crippen molar-refractivity contribution in [3.05, 3.63) is 64.1 Å². The van der Waals surface area contributed by atoms with Gasteiger partial charge in [-0.1, -0.05) is 41.4 Å². The number of para-hydroxylation sites is 2. The van der Waals surface area contributed by atoms with Gasteiger partial charge in [-0.2, -0.15) is 0 Å². The van der Waals surface area contributed by atoms with E-state index in [4.69, 9.17) is 23.2 Å². The minimum atomic E-state index is -0.287. The number of nitrogens with one attached hydrogen (secondary N) is 2. The van der Waals surface area contributed by atoms with E-state index in [2.05, 4.69) is 15.3 Å². The summed E-state index contributed by atoms with van der Waals surface area (Å²) in [4.78, 5) is 19.2. The van der Waals surface area contributed by atoms with Gasteiger partial charge >= 0.3 is 0 Å². The van der Waals surface area contributed by atoms with E-state index in [-0.39, 0.29) is 5.91 Å². The molecular weight excluding hydrogens is 321 g/mol. The summed E-state index contributed by atoms with van der Waals surface area (Å²) in [5.74, 6) is 0.120. The van der Waals surface area contributed by atoms with E-state index in [0.717, 1.165) is 16.6 Å². The molecule has 1 heterocycles. The normalized spacial score (nSPS) is 11.2. The van der Waals surface area contributed by atoms with Gasteiger partial charge in [-0.05, 0) is 35.9 Å². The predicted molar refractivity (Wildman–Crippen MR) is 90.2 cm³/mol. The number of H-pyrrole nitrogens is 1. The van der Waals surface area contributed by atoms with Gasteiger partial charge in [0.05, 0.1) is 21.1 Å². The number of carbonyl (C=O) groups is 1. The summed E-state index contributed by atoms with van der Waals surface area (Å²) in [5.41, 5.74) is 2.45. The van der Waals surface area contributed by atoms with Gasteiger partial charge in [-0.15, -0.1) is 0 Å². The molecule has 6 heteroatoms. The van der Waals surface area contributed by atoms with Crippen LogP contribution in [0.3, 0.4) is 0 Å². The molecule has 4 nitrogen and oxygen atoms in total. The second kappa shape index (κ2) is 6.22. The smallest absolute Gasteiger partial charge is 0.250 e. The van der Waals surface area contributed by atoms with Crippen molar-refractivity contribution in [1.29, 1.82) is 0 Å². The highest BCUT2D eigenvalue weighted by Gasteiger charge is 2.04. The van der Waals surface area contributed by atoms with E-state index < -0.39 is 0 Å². The van der Waals surface area contributed by atoms with Crippen LogP contribution in [0.15, 0.2) is 48.5 Å². The third-order valence-electron chi connectivity index (χ3n) is 3.00. The lowest BCUT2D eigenvalue weighted by Gasteiger charge is -1.98. The summed E-state index contributed by atoms with van der Waals surface area (Å²) in [6.45, 7) is 0. The molecule has 3 aromatic rings. The summed E-state index contributed by atoms with van der Waals surface area (Å²) in [5, 5.41) is 3.60. The molecule has 0 fully saturated rings. The summed E-state index contributed by atoms with van der Waals surface area (Å²) in [7, 11) is 0. The molecular formula is C16H11Cl2N3O. The van der Waals surface area contributed by atoms with E-state index >= 15 is 0 Å². The Kier molecular flexibility index (Phi) is 4.13. The van der Waals surface area contributed by atoms with Crippen molar-refractivity contribution in [2.75, 3.05) is 5.32 Å². The molecule has 0 aliphatic carbocycles. The number of benzene rings is 2. The van der Waals surface area contributed by atoms with Crippen LogP contribution >= 0.6 is 23.2 Å². The van der Waals surface area contributed by atoms with Gasteiger partial charge in [0, 0.05) is 6.08 Å². The van der Waals surface area contributed by atoms with Crippen molar-refractivity contribution in [1.82, 2.24) is 9.97 Å². The molecule has 110 valence electrons. The molecule has 22 heavy (non-hydrogen) atoms. The van der Waals surface area contributed by atoms with Crippen LogP contribution in [-0.2, 0) is 4.79 Å². The lowest BCUT2D eigenvalue weighted by atomic mass is 10.2. The van der Waals surface area contributed by atoms with Crippen molar-refractivity contribution < 1.29 is 4.79 Å². The van der Waals surface area contributed by atoms with E-state index in [1.54, 1.807) is 24.3 Å². The Labute approximate surface area is 136 Å². The summed E-state index contributed by atoms with van der Waals surface area (Å²) >= 11 is 11.8. The fourth-order valence-electron chi connectivity index (χ4n) is 1.96. The van der Waals surface area contributed by atoms with Crippen LogP contribution < -0.4 is 5.32 Å². The molecule has 1 amide bonds. The molecule has 2 aromatic carbocycles. The number of hydrogen-bond donors (Lipinski definition) is 2. The lowest BCUT2D eigenvalue weighted by Crippen LogP contribution is -2.08. The van der Waals surface area contributed by atoms with Crippen LogP contribution in [0.4, 0.5) is 5.95 Å². The van der Waals surface area contributed by atoms with Crippen LogP contribution in [0.5, 0.6) is 0 Å². The van der Waals surface area contributed by atoms with Crippen LogP contribution in [-0.4, -0.2) is 15.9 Å². The Morgan fingerprint density at radius 2 is 1.95 bits per heavy atom. The van der Waals surface area contributed by atoms with Gasteiger partial charge in [-0.3, -0.25) is 10.1 Å². The maximum absolute atomic E-state index is 11.9. The number of halogens is 2. The van der Waals surface area contributed by atoms with Crippen molar-refractivity contribution >= 4 is 52.2 Å². The minimum Gasteiger partial charge on any atom is -0.324 e. The molecule has 0 bridgehead atoms. The summed E-state index contributed by atoms with van der Waals surface area (Å²) in [6.07, 6.45) is 3.06. The Hall–Kier alpha value is -2.30. The number of aromatic amines is 1.